The summed E-state index contributed by atoms with van der Waals surface area (Å²) in [5.41, 5.74) is 1.26. The van der Waals surface area contributed by atoms with E-state index in [-0.39, 0.29) is 0 Å². The first-order chi connectivity index (χ1) is 8.78. The molecule has 0 bridgehead atoms. The topological polar surface area (TPSA) is 24.9 Å². The molecule has 96 valence electrons. The van der Waals surface area contributed by atoms with Gasteiger partial charge in [-0.2, -0.15) is 0 Å². The highest BCUT2D eigenvalue weighted by Crippen LogP contribution is 2.19. The summed E-state index contributed by atoms with van der Waals surface area (Å²) < 4.78 is 0. The summed E-state index contributed by atoms with van der Waals surface area (Å²) in [6.07, 6.45) is 5.18. The fourth-order valence-corrected chi connectivity index (χ4v) is 2.89. The molecule has 0 spiro atoms. The predicted molar refractivity (Wildman–Crippen MR) is 78.6 cm³/mol. The maximum Gasteiger partial charge on any atom is 0.0971 e. The van der Waals surface area contributed by atoms with Gasteiger partial charge in [-0.1, -0.05) is 23.7 Å². The van der Waals surface area contributed by atoms with Gasteiger partial charge in [0.1, 0.15) is 0 Å². The van der Waals surface area contributed by atoms with Crippen molar-refractivity contribution in [2.75, 3.05) is 13.6 Å². The Morgan fingerprint density at radius 3 is 2.78 bits per heavy atom. The third-order valence-corrected chi connectivity index (χ3v) is 4.03. The molecule has 1 N–H and O–H groups in total. The summed E-state index contributed by atoms with van der Waals surface area (Å²) >= 11 is 7.68. The predicted octanol–water partition coefficient (Wildman–Crippen LogP) is 3.54. The summed E-state index contributed by atoms with van der Waals surface area (Å²) in [6.45, 7) is 1.06. The van der Waals surface area contributed by atoms with E-state index in [1.54, 1.807) is 0 Å². The standard InChI is InChI=1S/C14H17ClN2S/c1-16-8-2-3-13-10-17-14(18-13)9-11-4-6-12(15)7-5-11/h4-7,10,16H,2-3,8-9H2,1H3. The van der Waals surface area contributed by atoms with Gasteiger partial charge in [0, 0.05) is 22.5 Å². The zero-order valence-electron chi connectivity index (χ0n) is 10.4. The second-order valence-electron chi connectivity index (χ2n) is 4.23. The highest BCUT2D eigenvalue weighted by Gasteiger charge is 2.03. The lowest BCUT2D eigenvalue weighted by Gasteiger charge is -1.98. The fourth-order valence-electron chi connectivity index (χ4n) is 1.76. The molecule has 2 aromatic rings. The highest BCUT2D eigenvalue weighted by atomic mass is 35.5. The van der Waals surface area contributed by atoms with Crippen LogP contribution in [0.25, 0.3) is 0 Å². The number of aromatic nitrogens is 1. The van der Waals surface area contributed by atoms with E-state index in [0.29, 0.717) is 0 Å². The summed E-state index contributed by atoms with van der Waals surface area (Å²) in [6, 6.07) is 7.98. The van der Waals surface area contributed by atoms with Crippen LogP contribution in [0.3, 0.4) is 0 Å². The normalized spacial score (nSPS) is 10.8. The Labute approximate surface area is 117 Å². The van der Waals surface area contributed by atoms with Crippen LogP contribution in [-0.4, -0.2) is 18.6 Å². The van der Waals surface area contributed by atoms with Crippen LogP contribution in [0.5, 0.6) is 0 Å². The third-order valence-electron chi connectivity index (χ3n) is 2.72. The van der Waals surface area contributed by atoms with Crippen molar-refractivity contribution in [2.24, 2.45) is 0 Å². The molecule has 0 radical (unpaired) electrons. The fraction of sp³-hybridized carbons (Fsp3) is 0.357. The SMILES string of the molecule is CNCCCc1cnc(Cc2ccc(Cl)cc2)s1. The molecule has 1 heterocycles. The van der Waals surface area contributed by atoms with E-state index >= 15 is 0 Å². The molecular formula is C14H17ClN2S. The number of hydrogen-bond donors (Lipinski definition) is 1. The number of nitrogens with zero attached hydrogens (tertiary/aromatic N) is 1. The Hall–Kier alpha value is -0.900. The van der Waals surface area contributed by atoms with Crippen molar-refractivity contribution < 1.29 is 0 Å². The molecule has 0 saturated heterocycles. The van der Waals surface area contributed by atoms with Gasteiger partial charge in [-0.25, -0.2) is 4.98 Å². The quantitative estimate of drug-likeness (QED) is 0.819. The minimum Gasteiger partial charge on any atom is -0.320 e. The first kappa shape index (κ1) is 13.5. The van der Waals surface area contributed by atoms with Crippen molar-refractivity contribution in [1.29, 1.82) is 0 Å². The number of hydrogen-bond acceptors (Lipinski definition) is 3. The minimum absolute atomic E-state index is 0.783. The summed E-state index contributed by atoms with van der Waals surface area (Å²) in [4.78, 5) is 5.85. The maximum absolute atomic E-state index is 5.87. The van der Waals surface area contributed by atoms with E-state index in [1.165, 1.54) is 21.9 Å². The molecule has 0 saturated carbocycles. The molecule has 0 fully saturated rings. The van der Waals surface area contributed by atoms with Gasteiger partial charge < -0.3 is 5.32 Å². The van der Waals surface area contributed by atoms with E-state index in [4.69, 9.17) is 11.6 Å². The van der Waals surface area contributed by atoms with Crippen molar-refractivity contribution in [3.63, 3.8) is 0 Å². The molecule has 0 unspecified atom stereocenters. The van der Waals surface area contributed by atoms with E-state index in [1.807, 2.05) is 36.7 Å². The molecule has 0 aliphatic rings. The van der Waals surface area contributed by atoms with E-state index in [2.05, 4.69) is 22.4 Å². The Morgan fingerprint density at radius 1 is 1.28 bits per heavy atom. The van der Waals surface area contributed by atoms with Gasteiger partial charge in [-0.05, 0) is 44.1 Å². The molecule has 0 aliphatic heterocycles. The number of halogens is 1. The molecule has 0 atom stereocenters. The summed E-state index contributed by atoms with van der Waals surface area (Å²) in [5.74, 6) is 0. The molecule has 18 heavy (non-hydrogen) atoms. The van der Waals surface area contributed by atoms with Crippen molar-refractivity contribution in [1.82, 2.24) is 10.3 Å². The van der Waals surface area contributed by atoms with E-state index < -0.39 is 0 Å². The molecule has 0 amide bonds. The molecule has 2 rings (SSSR count). The number of thiazole rings is 1. The monoisotopic (exact) mass is 280 g/mol. The number of rotatable bonds is 6. The number of nitrogens with one attached hydrogen (secondary N) is 1. The number of benzene rings is 1. The Morgan fingerprint density at radius 2 is 2.06 bits per heavy atom. The second kappa shape index (κ2) is 6.88. The van der Waals surface area contributed by atoms with Crippen LogP contribution in [0.15, 0.2) is 30.5 Å². The minimum atomic E-state index is 0.783. The molecule has 0 aliphatic carbocycles. The summed E-state index contributed by atoms with van der Waals surface area (Å²) in [7, 11) is 1.98. The first-order valence-electron chi connectivity index (χ1n) is 6.10. The average Bonchev–Trinajstić information content (AvgIpc) is 2.80. The first-order valence-corrected chi connectivity index (χ1v) is 7.30. The van der Waals surface area contributed by atoms with Crippen LogP contribution in [0.2, 0.25) is 5.02 Å². The number of aryl methyl sites for hydroxylation is 1. The maximum atomic E-state index is 5.87. The largest absolute Gasteiger partial charge is 0.320 e. The van der Waals surface area contributed by atoms with E-state index in [9.17, 15) is 0 Å². The van der Waals surface area contributed by atoms with Crippen LogP contribution in [-0.2, 0) is 12.8 Å². The summed E-state index contributed by atoms with van der Waals surface area (Å²) in [5, 5.41) is 5.12. The van der Waals surface area contributed by atoms with Gasteiger partial charge >= 0.3 is 0 Å². The molecular weight excluding hydrogens is 264 g/mol. The zero-order chi connectivity index (χ0) is 12.8. The van der Waals surface area contributed by atoms with Gasteiger partial charge in [0.25, 0.3) is 0 Å². The van der Waals surface area contributed by atoms with Gasteiger partial charge in [-0.15, -0.1) is 11.3 Å². The third kappa shape index (κ3) is 4.09. The van der Waals surface area contributed by atoms with Gasteiger partial charge in [-0.3, -0.25) is 0 Å². The van der Waals surface area contributed by atoms with E-state index in [0.717, 1.165) is 24.4 Å². The molecule has 1 aromatic carbocycles. The Kier molecular flexibility index (Phi) is 5.17. The molecule has 1 aromatic heterocycles. The van der Waals surface area contributed by atoms with Crippen molar-refractivity contribution in [3.05, 3.63) is 50.9 Å². The van der Waals surface area contributed by atoms with Crippen LogP contribution >= 0.6 is 22.9 Å². The van der Waals surface area contributed by atoms with Crippen LogP contribution in [0.1, 0.15) is 21.9 Å². The lowest BCUT2D eigenvalue weighted by molar-refractivity contribution is 0.729. The van der Waals surface area contributed by atoms with Crippen molar-refractivity contribution >= 4 is 22.9 Å². The Bertz CT molecular complexity index is 479. The van der Waals surface area contributed by atoms with Crippen molar-refractivity contribution in [3.8, 4) is 0 Å². The van der Waals surface area contributed by atoms with Gasteiger partial charge in [0.05, 0.1) is 5.01 Å². The molecule has 4 heteroatoms. The van der Waals surface area contributed by atoms with Crippen molar-refractivity contribution in [2.45, 2.75) is 19.3 Å². The highest BCUT2D eigenvalue weighted by molar-refractivity contribution is 7.11. The smallest absolute Gasteiger partial charge is 0.0971 e. The average molecular weight is 281 g/mol. The van der Waals surface area contributed by atoms with Gasteiger partial charge in [0.15, 0.2) is 0 Å². The van der Waals surface area contributed by atoms with Gasteiger partial charge in [0.2, 0.25) is 0 Å². The van der Waals surface area contributed by atoms with Crippen LogP contribution in [0, 0.1) is 0 Å². The lowest BCUT2D eigenvalue weighted by Crippen LogP contribution is -2.07. The lowest BCUT2D eigenvalue weighted by atomic mass is 10.2. The second-order valence-corrected chi connectivity index (χ2v) is 5.87. The Balaban J connectivity index is 1.91. The van der Waals surface area contributed by atoms with Crippen LogP contribution in [0.4, 0.5) is 0 Å². The molecule has 2 nitrogen and oxygen atoms in total. The zero-order valence-corrected chi connectivity index (χ0v) is 12.0. The van der Waals surface area contributed by atoms with Crippen LogP contribution < -0.4 is 5.32 Å².